The van der Waals surface area contributed by atoms with Crippen molar-refractivity contribution in [2.45, 2.75) is 284 Å². The fraction of sp³-hybridized carbons (Fsp3) is 0.667. The highest BCUT2D eigenvalue weighted by Gasteiger charge is 2.19. The lowest BCUT2D eigenvalue weighted by molar-refractivity contribution is -0.166. The molecule has 0 unspecified atom stereocenters. The van der Waals surface area contributed by atoms with Crippen molar-refractivity contribution >= 4 is 17.9 Å². The average Bonchev–Trinajstić information content (AvgIpc) is 3.41. The van der Waals surface area contributed by atoms with Crippen LogP contribution in [0.25, 0.3) is 0 Å². The van der Waals surface area contributed by atoms with E-state index >= 15 is 0 Å². The van der Waals surface area contributed by atoms with E-state index in [2.05, 4.69) is 136 Å². The molecule has 426 valence electrons. The van der Waals surface area contributed by atoms with E-state index in [1.807, 2.05) is 6.08 Å². The number of hydrogen-bond acceptors (Lipinski definition) is 6. The summed E-state index contributed by atoms with van der Waals surface area (Å²) in [7, 11) is 0. The van der Waals surface area contributed by atoms with Crippen LogP contribution < -0.4 is 0 Å². The van der Waals surface area contributed by atoms with Gasteiger partial charge in [-0.1, -0.05) is 284 Å². The highest BCUT2D eigenvalue weighted by molar-refractivity contribution is 5.71. The molecule has 0 bridgehead atoms. The minimum Gasteiger partial charge on any atom is -0.462 e. The zero-order valence-corrected chi connectivity index (χ0v) is 48.8. The Morgan fingerprint density at radius 2 is 0.547 bits per heavy atom. The van der Waals surface area contributed by atoms with Crippen LogP contribution in [0.1, 0.15) is 278 Å². The average molecular weight is 1040 g/mol. The van der Waals surface area contributed by atoms with Gasteiger partial charge in [0.1, 0.15) is 13.2 Å². The summed E-state index contributed by atoms with van der Waals surface area (Å²) < 4.78 is 16.8. The summed E-state index contributed by atoms with van der Waals surface area (Å²) in [4.78, 5) is 38.3. The molecule has 1 atom stereocenters. The molecule has 0 radical (unpaired) electrons. The molecule has 0 amide bonds. The Balaban J connectivity index is 4.50. The molecule has 0 aliphatic heterocycles. The summed E-state index contributed by atoms with van der Waals surface area (Å²) in [5.74, 6) is -1.02. The van der Waals surface area contributed by atoms with E-state index < -0.39 is 12.1 Å². The summed E-state index contributed by atoms with van der Waals surface area (Å²) >= 11 is 0. The Hall–Kier alpha value is -4.19. The number of hydrogen-bond donors (Lipinski definition) is 0. The molecule has 0 aliphatic carbocycles. The Bertz CT molecular complexity index is 1570. The number of unbranched alkanes of at least 4 members (excludes halogenated alkanes) is 24. The lowest BCUT2D eigenvalue weighted by Crippen LogP contribution is -2.30. The van der Waals surface area contributed by atoms with Crippen molar-refractivity contribution in [2.75, 3.05) is 13.2 Å². The topological polar surface area (TPSA) is 78.9 Å². The van der Waals surface area contributed by atoms with Crippen LogP contribution in [0.4, 0.5) is 0 Å². The van der Waals surface area contributed by atoms with Gasteiger partial charge in [0, 0.05) is 19.3 Å². The summed E-state index contributed by atoms with van der Waals surface area (Å²) in [6.45, 7) is 6.35. The second-order valence-corrected chi connectivity index (χ2v) is 20.2. The molecule has 0 saturated carbocycles. The molecule has 0 aromatic carbocycles. The lowest BCUT2D eigenvalue weighted by atomic mass is 10.0. The number of rotatable bonds is 55. The van der Waals surface area contributed by atoms with Gasteiger partial charge in [0.15, 0.2) is 6.10 Å². The fourth-order valence-corrected chi connectivity index (χ4v) is 8.40. The van der Waals surface area contributed by atoms with Crippen molar-refractivity contribution in [1.82, 2.24) is 0 Å². The Kier molecular flexibility index (Phi) is 58.9. The smallest absolute Gasteiger partial charge is 0.306 e. The zero-order valence-electron chi connectivity index (χ0n) is 48.8. The highest BCUT2D eigenvalue weighted by Crippen LogP contribution is 2.16. The van der Waals surface area contributed by atoms with Crippen LogP contribution in [-0.2, 0) is 28.6 Å². The second-order valence-electron chi connectivity index (χ2n) is 20.2. The van der Waals surface area contributed by atoms with E-state index in [9.17, 15) is 14.4 Å². The molecule has 0 rings (SSSR count). The fourth-order valence-electron chi connectivity index (χ4n) is 8.40. The summed E-state index contributed by atoms with van der Waals surface area (Å²) in [5, 5.41) is 0. The minimum atomic E-state index is -0.832. The van der Waals surface area contributed by atoms with Crippen LogP contribution in [0.3, 0.4) is 0 Å². The third-order valence-corrected chi connectivity index (χ3v) is 13.0. The summed E-state index contributed by atoms with van der Waals surface area (Å²) in [6.07, 6.45) is 86.4. The summed E-state index contributed by atoms with van der Waals surface area (Å²) in [5.41, 5.74) is 0. The van der Waals surface area contributed by atoms with E-state index in [1.54, 1.807) is 0 Å². The van der Waals surface area contributed by atoms with Gasteiger partial charge in [0.25, 0.3) is 0 Å². The molecule has 0 saturated heterocycles. The van der Waals surface area contributed by atoms with Gasteiger partial charge in [-0.2, -0.15) is 0 Å². The summed E-state index contributed by atoms with van der Waals surface area (Å²) in [6, 6.07) is 0. The van der Waals surface area contributed by atoms with Gasteiger partial charge in [-0.3, -0.25) is 14.4 Å². The molecule has 0 N–H and O–H groups in total. The van der Waals surface area contributed by atoms with Crippen molar-refractivity contribution in [3.05, 3.63) is 122 Å². The molecule has 6 heteroatoms. The number of carbonyl (C=O) groups is 3. The maximum Gasteiger partial charge on any atom is 0.306 e. The molecule has 0 aromatic rings. The van der Waals surface area contributed by atoms with Gasteiger partial charge >= 0.3 is 17.9 Å². The predicted molar refractivity (Wildman–Crippen MR) is 325 cm³/mol. The number of allylic oxidation sites excluding steroid dienone is 20. The third-order valence-electron chi connectivity index (χ3n) is 13.0. The SMILES string of the molecule is CC/C=C\C/C=C\C/C=C\C/C=C\C/C=C\C/C=C\CCC(=O)O[C@H](COC(=O)CCCCCC/C=C\C/C=C\C/C=C\C/C=C\CC)COC(=O)CCCCCCCCCCCCCCCCCCCCCCC. The molecule has 75 heavy (non-hydrogen) atoms. The van der Waals surface area contributed by atoms with E-state index in [4.69, 9.17) is 14.2 Å². The molecule has 0 fully saturated rings. The van der Waals surface area contributed by atoms with Crippen molar-refractivity contribution in [1.29, 1.82) is 0 Å². The largest absolute Gasteiger partial charge is 0.462 e. The molecular formula is C69H114O6. The highest BCUT2D eigenvalue weighted by atomic mass is 16.6. The van der Waals surface area contributed by atoms with Gasteiger partial charge in [-0.05, 0) is 96.3 Å². The third kappa shape index (κ3) is 60.6. The standard InChI is InChI=1S/C69H114O6/c1-4-7-10-13-16-19-22-25-28-31-33-34-36-38-41-44-47-50-53-56-59-62-68(71)74-65-66(64-73-67(70)61-58-55-52-49-46-43-40-37-30-27-24-21-18-15-12-9-6-3)75-69(72)63-60-57-54-51-48-45-42-39-35-32-29-26-23-20-17-14-11-8-5-2/h8-9,11-12,17-18,20-21,26-27,29-30,35,39-40,43,45,48,54,57,66H,4-7,10,13-16,19,22-25,28,31-34,36-38,41-42,44,46-47,49-53,55-56,58-65H2,1-3H3/b11-8-,12-9-,20-17-,21-18-,29-26-,30-27-,39-35-,43-40-,48-45-,57-54-/t66-/m1/s1. The number of esters is 3. The van der Waals surface area contributed by atoms with Gasteiger partial charge in [-0.15, -0.1) is 0 Å². The van der Waals surface area contributed by atoms with Crippen molar-refractivity contribution in [2.24, 2.45) is 0 Å². The van der Waals surface area contributed by atoms with Crippen LogP contribution in [0.15, 0.2) is 122 Å². The Labute approximate surface area is 462 Å². The minimum absolute atomic E-state index is 0.117. The maximum atomic E-state index is 12.9. The molecule has 0 aromatic heterocycles. The van der Waals surface area contributed by atoms with E-state index in [0.29, 0.717) is 19.3 Å². The van der Waals surface area contributed by atoms with Gasteiger partial charge in [0.2, 0.25) is 0 Å². The monoisotopic (exact) mass is 1040 g/mol. The van der Waals surface area contributed by atoms with Gasteiger partial charge in [-0.25, -0.2) is 0 Å². The Morgan fingerprint density at radius 1 is 0.280 bits per heavy atom. The van der Waals surface area contributed by atoms with E-state index in [0.717, 1.165) is 116 Å². The van der Waals surface area contributed by atoms with Gasteiger partial charge < -0.3 is 14.2 Å². The maximum absolute atomic E-state index is 12.9. The van der Waals surface area contributed by atoms with Crippen LogP contribution in [-0.4, -0.2) is 37.2 Å². The molecule has 0 aliphatic rings. The van der Waals surface area contributed by atoms with Gasteiger partial charge in [0.05, 0.1) is 0 Å². The Morgan fingerprint density at radius 3 is 0.867 bits per heavy atom. The number of ether oxygens (including phenoxy) is 3. The quantitative estimate of drug-likeness (QED) is 0.0261. The lowest BCUT2D eigenvalue weighted by Gasteiger charge is -2.18. The first kappa shape index (κ1) is 70.8. The predicted octanol–water partition coefficient (Wildman–Crippen LogP) is 21.2. The first-order valence-electron chi connectivity index (χ1n) is 31.0. The second kappa shape index (κ2) is 62.4. The first-order chi connectivity index (χ1) is 37.0. The van der Waals surface area contributed by atoms with Crippen molar-refractivity contribution in [3.8, 4) is 0 Å². The van der Waals surface area contributed by atoms with Crippen LogP contribution >= 0.6 is 0 Å². The van der Waals surface area contributed by atoms with E-state index in [1.165, 1.54) is 116 Å². The molecule has 6 nitrogen and oxygen atoms in total. The molecule has 0 heterocycles. The first-order valence-corrected chi connectivity index (χ1v) is 31.0. The normalized spacial score (nSPS) is 12.9. The van der Waals surface area contributed by atoms with Crippen molar-refractivity contribution in [3.63, 3.8) is 0 Å². The van der Waals surface area contributed by atoms with Crippen molar-refractivity contribution < 1.29 is 28.6 Å². The molecule has 0 spiro atoms. The zero-order chi connectivity index (χ0) is 54.3. The molecular weight excluding hydrogens is 925 g/mol. The van der Waals surface area contributed by atoms with E-state index in [-0.39, 0.29) is 31.6 Å². The number of carbonyl (C=O) groups excluding carboxylic acids is 3. The van der Waals surface area contributed by atoms with Crippen LogP contribution in [0, 0.1) is 0 Å². The van der Waals surface area contributed by atoms with Crippen LogP contribution in [0.2, 0.25) is 0 Å². The van der Waals surface area contributed by atoms with Crippen LogP contribution in [0.5, 0.6) is 0 Å².